The maximum atomic E-state index is 13.3. The fourth-order valence-corrected chi connectivity index (χ4v) is 4.20. The third kappa shape index (κ3) is 3.74. The molecule has 2 aromatic rings. The Morgan fingerprint density at radius 1 is 1.10 bits per heavy atom. The van der Waals surface area contributed by atoms with Crippen LogP contribution >= 0.6 is 11.8 Å². The van der Waals surface area contributed by atoms with Crippen molar-refractivity contribution in [3.63, 3.8) is 0 Å². The van der Waals surface area contributed by atoms with E-state index in [0.717, 1.165) is 11.0 Å². The lowest BCUT2D eigenvalue weighted by Gasteiger charge is -2.06. The number of hydrogen-bond acceptors (Lipinski definition) is 4. The minimum absolute atomic E-state index is 0.0298. The van der Waals surface area contributed by atoms with E-state index in [9.17, 15) is 12.8 Å². The van der Waals surface area contributed by atoms with E-state index in [1.165, 1.54) is 23.9 Å². The molecule has 0 saturated carbocycles. The van der Waals surface area contributed by atoms with Gasteiger partial charge in [0.15, 0.2) is 9.84 Å². The van der Waals surface area contributed by atoms with E-state index in [0.29, 0.717) is 5.75 Å². The van der Waals surface area contributed by atoms with Crippen LogP contribution in [-0.4, -0.2) is 19.9 Å². The molecule has 0 heterocycles. The first kappa shape index (κ1) is 14.9. The first-order valence-corrected chi connectivity index (χ1v) is 8.58. The molecule has 6 heteroatoms. The van der Waals surface area contributed by atoms with Gasteiger partial charge < -0.3 is 5.73 Å². The Balaban J connectivity index is 2.02. The zero-order valence-electron chi connectivity index (χ0n) is 10.6. The van der Waals surface area contributed by atoms with Gasteiger partial charge in [-0.2, -0.15) is 0 Å². The van der Waals surface area contributed by atoms with Gasteiger partial charge in [0.1, 0.15) is 5.82 Å². The second kappa shape index (κ2) is 6.28. The largest absolute Gasteiger partial charge is 0.396 e. The van der Waals surface area contributed by atoms with Crippen LogP contribution in [0.2, 0.25) is 0 Å². The number of nitrogen functional groups attached to an aromatic ring is 1. The molecule has 0 saturated heterocycles. The molecule has 2 rings (SSSR count). The Hall–Kier alpha value is -1.53. The molecule has 0 aromatic heterocycles. The zero-order chi connectivity index (χ0) is 14.6. The summed E-state index contributed by atoms with van der Waals surface area (Å²) >= 11 is 1.45. The Morgan fingerprint density at radius 3 is 2.45 bits per heavy atom. The Bertz CT molecular complexity index is 688. The highest BCUT2D eigenvalue weighted by Crippen LogP contribution is 2.21. The molecule has 0 fully saturated rings. The average Bonchev–Trinajstić information content (AvgIpc) is 2.43. The summed E-state index contributed by atoms with van der Waals surface area (Å²) in [4.78, 5) is 0.976. The van der Waals surface area contributed by atoms with E-state index >= 15 is 0 Å². The van der Waals surface area contributed by atoms with Crippen LogP contribution in [0.3, 0.4) is 0 Å². The summed E-state index contributed by atoms with van der Waals surface area (Å²) in [7, 11) is -3.49. The van der Waals surface area contributed by atoms with Crippen molar-refractivity contribution in [3.8, 4) is 0 Å². The summed E-state index contributed by atoms with van der Waals surface area (Å²) in [5.74, 6) is -0.337. The van der Waals surface area contributed by atoms with Crippen LogP contribution < -0.4 is 5.73 Å². The van der Waals surface area contributed by atoms with Crippen LogP contribution in [0.4, 0.5) is 10.1 Å². The molecular formula is C14H14FNO2S2. The molecule has 0 atom stereocenters. The molecule has 106 valence electrons. The number of nitrogens with two attached hydrogens (primary N) is 1. The Kier molecular flexibility index (Phi) is 4.67. The number of thioether (sulfide) groups is 1. The van der Waals surface area contributed by atoms with Gasteiger partial charge >= 0.3 is 0 Å². The molecule has 0 radical (unpaired) electrons. The van der Waals surface area contributed by atoms with E-state index in [4.69, 9.17) is 5.73 Å². The molecule has 0 aliphatic carbocycles. The van der Waals surface area contributed by atoms with E-state index in [1.54, 1.807) is 0 Å². The lowest BCUT2D eigenvalue weighted by atomic mass is 10.3. The minimum atomic E-state index is -3.49. The summed E-state index contributed by atoms with van der Waals surface area (Å²) in [5, 5.41) is 0. The van der Waals surface area contributed by atoms with Crippen LogP contribution in [-0.2, 0) is 9.84 Å². The minimum Gasteiger partial charge on any atom is -0.396 e. The molecule has 0 amide bonds. The standard InChI is InChI=1S/C14H14FNO2S2/c15-13-10-12(6-7-14(13)16)20(17,18)9-8-19-11-4-2-1-3-5-11/h1-7,10H,8-9,16H2. The summed E-state index contributed by atoms with van der Waals surface area (Å²) < 4.78 is 37.4. The van der Waals surface area contributed by atoms with Crippen LogP contribution in [0, 0.1) is 5.82 Å². The number of halogens is 1. The molecule has 0 unspecified atom stereocenters. The van der Waals surface area contributed by atoms with Crippen molar-refractivity contribution in [3.05, 3.63) is 54.3 Å². The lowest BCUT2D eigenvalue weighted by molar-refractivity contribution is 0.593. The molecule has 20 heavy (non-hydrogen) atoms. The number of sulfone groups is 1. The molecule has 2 N–H and O–H groups in total. The SMILES string of the molecule is Nc1ccc(S(=O)(=O)CCSc2ccccc2)cc1F. The second-order valence-electron chi connectivity index (χ2n) is 4.16. The van der Waals surface area contributed by atoms with Gasteiger partial charge in [-0.05, 0) is 30.3 Å². The van der Waals surface area contributed by atoms with Crippen LogP contribution in [0.25, 0.3) is 0 Å². The van der Waals surface area contributed by atoms with Crippen LogP contribution in [0.15, 0.2) is 58.3 Å². The third-order valence-electron chi connectivity index (χ3n) is 2.70. The Morgan fingerprint density at radius 2 is 1.80 bits per heavy atom. The first-order chi connectivity index (χ1) is 9.49. The topological polar surface area (TPSA) is 60.2 Å². The maximum Gasteiger partial charge on any atom is 0.179 e. The van der Waals surface area contributed by atoms with Gasteiger partial charge in [-0.15, -0.1) is 11.8 Å². The highest BCUT2D eigenvalue weighted by molar-refractivity contribution is 8.00. The van der Waals surface area contributed by atoms with E-state index in [1.807, 2.05) is 30.3 Å². The predicted octanol–water partition coefficient (Wildman–Crippen LogP) is 2.97. The molecule has 0 spiro atoms. The van der Waals surface area contributed by atoms with Gasteiger partial charge in [0.2, 0.25) is 0 Å². The van der Waals surface area contributed by atoms with E-state index < -0.39 is 15.7 Å². The van der Waals surface area contributed by atoms with Crippen molar-refractivity contribution in [1.29, 1.82) is 0 Å². The van der Waals surface area contributed by atoms with Gasteiger partial charge in [0.25, 0.3) is 0 Å². The van der Waals surface area contributed by atoms with E-state index in [2.05, 4.69) is 0 Å². The molecular weight excluding hydrogens is 297 g/mol. The van der Waals surface area contributed by atoms with Crippen molar-refractivity contribution in [2.45, 2.75) is 9.79 Å². The van der Waals surface area contributed by atoms with Gasteiger partial charge in [-0.25, -0.2) is 12.8 Å². The van der Waals surface area contributed by atoms with Crippen LogP contribution in [0.1, 0.15) is 0 Å². The lowest BCUT2D eigenvalue weighted by Crippen LogP contribution is -2.09. The highest BCUT2D eigenvalue weighted by atomic mass is 32.2. The van der Waals surface area contributed by atoms with Gasteiger partial charge in [0.05, 0.1) is 16.3 Å². The molecule has 3 nitrogen and oxygen atoms in total. The fourth-order valence-electron chi connectivity index (χ4n) is 1.61. The normalized spacial score (nSPS) is 11.4. The molecule has 2 aromatic carbocycles. The summed E-state index contributed by atoms with van der Waals surface area (Å²) in [6.45, 7) is 0. The summed E-state index contributed by atoms with van der Waals surface area (Å²) in [6.07, 6.45) is 0. The van der Waals surface area contributed by atoms with Crippen LogP contribution in [0.5, 0.6) is 0 Å². The second-order valence-corrected chi connectivity index (χ2v) is 7.44. The van der Waals surface area contributed by atoms with Gasteiger partial charge in [0, 0.05) is 10.6 Å². The van der Waals surface area contributed by atoms with Gasteiger partial charge in [-0.3, -0.25) is 0 Å². The third-order valence-corrected chi connectivity index (χ3v) is 5.68. The van der Waals surface area contributed by atoms with E-state index in [-0.39, 0.29) is 16.3 Å². The van der Waals surface area contributed by atoms with Crippen molar-refractivity contribution in [1.82, 2.24) is 0 Å². The number of rotatable bonds is 5. The Labute approximate surface area is 121 Å². The zero-order valence-corrected chi connectivity index (χ0v) is 12.3. The quantitative estimate of drug-likeness (QED) is 0.681. The number of hydrogen-bond donors (Lipinski definition) is 1. The number of benzene rings is 2. The predicted molar refractivity (Wildman–Crippen MR) is 80.0 cm³/mol. The van der Waals surface area contributed by atoms with Crippen molar-refractivity contribution in [2.24, 2.45) is 0 Å². The molecule has 0 bridgehead atoms. The molecule has 0 aliphatic rings. The monoisotopic (exact) mass is 311 g/mol. The maximum absolute atomic E-state index is 13.3. The smallest absolute Gasteiger partial charge is 0.179 e. The molecule has 0 aliphatic heterocycles. The van der Waals surface area contributed by atoms with Crippen molar-refractivity contribution < 1.29 is 12.8 Å². The van der Waals surface area contributed by atoms with Crippen molar-refractivity contribution in [2.75, 3.05) is 17.2 Å². The number of anilines is 1. The average molecular weight is 311 g/mol. The van der Waals surface area contributed by atoms with Crippen molar-refractivity contribution >= 4 is 27.3 Å². The first-order valence-electron chi connectivity index (χ1n) is 5.95. The summed E-state index contributed by atoms with van der Waals surface area (Å²) in [5.41, 5.74) is 5.28. The van der Waals surface area contributed by atoms with Gasteiger partial charge in [-0.1, -0.05) is 18.2 Å². The highest BCUT2D eigenvalue weighted by Gasteiger charge is 2.16. The fraction of sp³-hybridized carbons (Fsp3) is 0.143. The summed E-state index contributed by atoms with van der Waals surface area (Å²) in [6, 6.07) is 13.1.